The first-order chi connectivity index (χ1) is 8.09. The number of methoxy groups -OCH3 is 1. The first-order valence-electron chi connectivity index (χ1n) is 6.25. The van der Waals surface area contributed by atoms with Gasteiger partial charge in [0.25, 0.3) is 0 Å². The van der Waals surface area contributed by atoms with E-state index in [0.717, 1.165) is 19.3 Å². The summed E-state index contributed by atoms with van der Waals surface area (Å²) < 4.78 is 30.8. The van der Waals surface area contributed by atoms with Gasteiger partial charge in [-0.2, -0.15) is 0 Å². The Morgan fingerprint density at radius 1 is 1.35 bits per heavy atom. The van der Waals surface area contributed by atoms with E-state index in [-0.39, 0.29) is 5.75 Å². The quantitative estimate of drug-likeness (QED) is 0.619. The van der Waals surface area contributed by atoms with E-state index in [4.69, 9.17) is 10.5 Å². The molecule has 0 aromatic carbocycles. The zero-order valence-electron chi connectivity index (χ0n) is 10.5. The molecule has 0 spiro atoms. The summed E-state index contributed by atoms with van der Waals surface area (Å²) in [6.07, 6.45) is 3.92. The molecule has 2 atom stereocenters. The van der Waals surface area contributed by atoms with Gasteiger partial charge in [-0.15, -0.1) is 0 Å². The van der Waals surface area contributed by atoms with Crippen molar-refractivity contribution in [3.63, 3.8) is 0 Å². The lowest BCUT2D eigenvalue weighted by atomic mass is 9.97. The van der Waals surface area contributed by atoms with Crippen LogP contribution >= 0.6 is 0 Å². The minimum atomic E-state index is -3.14. The van der Waals surface area contributed by atoms with Crippen LogP contribution in [0.2, 0.25) is 0 Å². The number of rotatable bonds is 8. The highest BCUT2D eigenvalue weighted by molar-refractivity contribution is 7.89. The van der Waals surface area contributed by atoms with E-state index in [1.165, 1.54) is 0 Å². The second kappa shape index (κ2) is 7.31. The van der Waals surface area contributed by atoms with Crippen LogP contribution in [0.5, 0.6) is 0 Å². The number of hydrogen-bond acceptors (Lipinski definition) is 4. The molecular formula is C11H24N2O3S. The van der Waals surface area contributed by atoms with Crippen molar-refractivity contribution >= 4 is 10.0 Å². The predicted molar refractivity (Wildman–Crippen MR) is 68.2 cm³/mol. The van der Waals surface area contributed by atoms with Crippen molar-refractivity contribution < 1.29 is 13.2 Å². The minimum Gasteiger partial charge on any atom is -0.385 e. The molecule has 0 aromatic rings. The zero-order chi connectivity index (χ0) is 12.7. The summed E-state index contributed by atoms with van der Waals surface area (Å²) in [5.41, 5.74) is 5.67. The van der Waals surface area contributed by atoms with Gasteiger partial charge < -0.3 is 10.5 Å². The van der Waals surface area contributed by atoms with Gasteiger partial charge in [0.15, 0.2) is 0 Å². The molecule has 1 aliphatic rings. The Kier molecular flexibility index (Phi) is 6.40. The Morgan fingerprint density at radius 3 is 2.71 bits per heavy atom. The first-order valence-corrected chi connectivity index (χ1v) is 7.90. The maximum absolute atomic E-state index is 11.7. The summed E-state index contributed by atoms with van der Waals surface area (Å²) >= 11 is 0. The fraction of sp³-hybridized carbons (Fsp3) is 1.00. The maximum atomic E-state index is 11.7. The second-order valence-electron chi connectivity index (χ2n) is 4.70. The number of nitrogens with one attached hydrogen (secondary N) is 1. The van der Waals surface area contributed by atoms with Crippen molar-refractivity contribution in [1.82, 2.24) is 4.72 Å². The summed E-state index contributed by atoms with van der Waals surface area (Å²) in [4.78, 5) is 0. The van der Waals surface area contributed by atoms with Crippen LogP contribution in [0.15, 0.2) is 0 Å². The molecule has 0 aliphatic heterocycles. The van der Waals surface area contributed by atoms with Gasteiger partial charge in [0.05, 0.1) is 5.75 Å². The summed E-state index contributed by atoms with van der Waals surface area (Å²) in [7, 11) is -1.57. The van der Waals surface area contributed by atoms with Gasteiger partial charge in [-0.3, -0.25) is 0 Å². The summed E-state index contributed by atoms with van der Waals surface area (Å²) in [6, 6.07) is 0. The van der Waals surface area contributed by atoms with Crippen LogP contribution < -0.4 is 10.5 Å². The molecule has 0 radical (unpaired) electrons. The van der Waals surface area contributed by atoms with Gasteiger partial charge in [-0.05, 0) is 37.6 Å². The number of sulfonamides is 1. The van der Waals surface area contributed by atoms with E-state index in [9.17, 15) is 8.42 Å². The van der Waals surface area contributed by atoms with E-state index < -0.39 is 10.0 Å². The predicted octanol–water partition coefficient (Wildman–Crippen LogP) is 0.317. The summed E-state index contributed by atoms with van der Waals surface area (Å²) in [5, 5.41) is 0. The Balaban J connectivity index is 2.28. The smallest absolute Gasteiger partial charge is 0.211 e. The van der Waals surface area contributed by atoms with Crippen LogP contribution in [0.3, 0.4) is 0 Å². The van der Waals surface area contributed by atoms with Crippen LogP contribution in [0.25, 0.3) is 0 Å². The fourth-order valence-electron chi connectivity index (χ4n) is 2.39. The molecule has 17 heavy (non-hydrogen) atoms. The van der Waals surface area contributed by atoms with Gasteiger partial charge in [0.2, 0.25) is 10.0 Å². The third-order valence-corrected chi connectivity index (χ3v) is 4.88. The third-order valence-electron chi connectivity index (χ3n) is 3.45. The monoisotopic (exact) mass is 264 g/mol. The number of ether oxygens (including phenoxy) is 1. The highest BCUT2D eigenvalue weighted by Gasteiger charge is 2.26. The fourth-order valence-corrected chi connectivity index (χ4v) is 3.50. The highest BCUT2D eigenvalue weighted by Crippen LogP contribution is 2.30. The highest BCUT2D eigenvalue weighted by atomic mass is 32.2. The van der Waals surface area contributed by atoms with E-state index in [2.05, 4.69) is 4.72 Å². The molecular weight excluding hydrogens is 240 g/mol. The average molecular weight is 264 g/mol. The van der Waals surface area contributed by atoms with Crippen LogP contribution in [-0.4, -0.2) is 41.0 Å². The molecule has 1 aliphatic carbocycles. The van der Waals surface area contributed by atoms with E-state index in [1.807, 2.05) is 0 Å². The largest absolute Gasteiger partial charge is 0.385 e. The summed E-state index contributed by atoms with van der Waals surface area (Å²) in [5.74, 6) is 1.04. The van der Waals surface area contributed by atoms with Gasteiger partial charge in [-0.1, -0.05) is 6.42 Å². The molecule has 5 nitrogen and oxygen atoms in total. The van der Waals surface area contributed by atoms with Crippen molar-refractivity contribution in [2.45, 2.75) is 25.7 Å². The van der Waals surface area contributed by atoms with Crippen LogP contribution in [0, 0.1) is 11.8 Å². The SMILES string of the molecule is COCCCS(=O)(=O)NCC1CCCC1CN. The molecule has 102 valence electrons. The number of nitrogens with two attached hydrogens (primary N) is 1. The molecule has 0 aromatic heterocycles. The standard InChI is InChI=1S/C11H24N2O3S/c1-16-6-3-7-17(14,15)13-9-11-5-2-4-10(11)8-12/h10-11,13H,2-9,12H2,1H3. The third kappa shape index (κ3) is 5.33. The van der Waals surface area contributed by atoms with Crippen molar-refractivity contribution in [1.29, 1.82) is 0 Å². The Hall–Kier alpha value is -0.170. The van der Waals surface area contributed by atoms with Crippen LogP contribution in [-0.2, 0) is 14.8 Å². The Bertz CT molecular complexity index is 306. The van der Waals surface area contributed by atoms with Gasteiger partial charge in [-0.25, -0.2) is 13.1 Å². The van der Waals surface area contributed by atoms with E-state index in [0.29, 0.717) is 38.0 Å². The molecule has 3 N–H and O–H groups in total. The molecule has 6 heteroatoms. The number of hydrogen-bond donors (Lipinski definition) is 2. The van der Waals surface area contributed by atoms with Crippen molar-refractivity contribution in [3.05, 3.63) is 0 Å². The lowest BCUT2D eigenvalue weighted by Crippen LogP contribution is -2.34. The molecule has 1 rings (SSSR count). The molecule has 0 amide bonds. The van der Waals surface area contributed by atoms with E-state index in [1.54, 1.807) is 7.11 Å². The molecule has 0 saturated heterocycles. The van der Waals surface area contributed by atoms with Crippen molar-refractivity contribution in [2.24, 2.45) is 17.6 Å². The van der Waals surface area contributed by atoms with Gasteiger partial charge >= 0.3 is 0 Å². The minimum absolute atomic E-state index is 0.140. The normalized spacial score (nSPS) is 25.3. The topological polar surface area (TPSA) is 81.4 Å². The van der Waals surface area contributed by atoms with Crippen LogP contribution in [0.1, 0.15) is 25.7 Å². The lowest BCUT2D eigenvalue weighted by molar-refractivity contribution is 0.199. The summed E-state index contributed by atoms with van der Waals surface area (Å²) in [6.45, 7) is 1.68. The van der Waals surface area contributed by atoms with Gasteiger partial charge in [0.1, 0.15) is 0 Å². The molecule has 0 bridgehead atoms. The van der Waals surface area contributed by atoms with Gasteiger partial charge in [0, 0.05) is 20.3 Å². The van der Waals surface area contributed by atoms with E-state index >= 15 is 0 Å². The zero-order valence-corrected chi connectivity index (χ0v) is 11.3. The maximum Gasteiger partial charge on any atom is 0.211 e. The van der Waals surface area contributed by atoms with Crippen LogP contribution in [0.4, 0.5) is 0 Å². The second-order valence-corrected chi connectivity index (χ2v) is 6.63. The molecule has 1 fully saturated rings. The molecule has 0 heterocycles. The molecule has 2 unspecified atom stereocenters. The first kappa shape index (κ1) is 14.9. The lowest BCUT2D eigenvalue weighted by Gasteiger charge is -2.18. The Labute approximate surface area is 104 Å². The van der Waals surface area contributed by atoms with Crippen molar-refractivity contribution in [3.8, 4) is 0 Å². The average Bonchev–Trinajstić information content (AvgIpc) is 2.74. The Morgan fingerprint density at radius 2 is 2.06 bits per heavy atom. The molecule has 1 saturated carbocycles. The van der Waals surface area contributed by atoms with Crippen molar-refractivity contribution in [2.75, 3.05) is 32.6 Å².